The van der Waals surface area contributed by atoms with Crippen LogP contribution in [0.15, 0.2) is 40.4 Å². The highest BCUT2D eigenvalue weighted by Gasteiger charge is 2.17. The number of nitrogens with zero attached hydrogens (tertiary/aromatic N) is 4. The van der Waals surface area contributed by atoms with Crippen LogP contribution in [0.3, 0.4) is 0 Å². The molecular weight excluding hydrogens is 374 g/mol. The van der Waals surface area contributed by atoms with Crippen LogP contribution in [0.4, 0.5) is 0 Å². The number of nitrogens with one attached hydrogen (secondary N) is 1. The number of aryl methyl sites for hydroxylation is 1. The van der Waals surface area contributed by atoms with Crippen LogP contribution in [-0.4, -0.2) is 49.4 Å². The van der Waals surface area contributed by atoms with E-state index in [-0.39, 0.29) is 17.2 Å². The van der Waals surface area contributed by atoms with Crippen molar-refractivity contribution in [1.82, 2.24) is 24.6 Å². The maximum atomic E-state index is 12.5. The summed E-state index contributed by atoms with van der Waals surface area (Å²) in [6, 6.07) is 7.82. The summed E-state index contributed by atoms with van der Waals surface area (Å²) in [5.41, 5.74) is 2.18. The molecule has 7 nitrogen and oxygen atoms in total. The number of aromatic amines is 1. The van der Waals surface area contributed by atoms with Crippen LogP contribution >= 0.6 is 11.8 Å². The van der Waals surface area contributed by atoms with E-state index in [1.165, 1.54) is 30.8 Å². The SMILES string of the molecule is Cc1ccccc1-n1ncc2c(=O)[nH]c(SCC(=O)N3CCCCCC3)nc21. The summed E-state index contributed by atoms with van der Waals surface area (Å²) in [6.07, 6.45) is 6.03. The summed E-state index contributed by atoms with van der Waals surface area (Å²) in [5.74, 6) is 0.370. The molecule has 0 radical (unpaired) electrons. The van der Waals surface area contributed by atoms with Crippen molar-refractivity contribution in [2.75, 3.05) is 18.8 Å². The maximum absolute atomic E-state index is 12.5. The number of fused-ring (bicyclic) bond motifs is 1. The van der Waals surface area contributed by atoms with Gasteiger partial charge in [0.25, 0.3) is 5.56 Å². The van der Waals surface area contributed by atoms with Crippen LogP contribution in [0.1, 0.15) is 31.2 Å². The average molecular weight is 398 g/mol. The molecule has 4 rings (SSSR count). The number of rotatable bonds is 4. The Morgan fingerprint density at radius 1 is 1.18 bits per heavy atom. The Labute approximate surface area is 167 Å². The molecule has 146 valence electrons. The topological polar surface area (TPSA) is 83.9 Å². The second-order valence-electron chi connectivity index (χ2n) is 7.03. The molecule has 0 aliphatic carbocycles. The molecule has 0 saturated carbocycles. The number of benzene rings is 1. The van der Waals surface area contributed by atoms with E-state index in [0.717, 1.165) is 37.2 Å². The summed E-state index contributed by atoms with van der Waals surface area (Å²) in [6.45, 7) is 3.64. The predicted molar refractivity (Wildman–Crippen MR) is 110 cm³/mol. The minimum atomic E-state index is -0.241. The first-order valence-corrected chi connectivity index (χ1v) is 10.6. The zero-order valence-corrected chi connectivity index (χ0v) is 16.7. The molecule has 28 heavy (non-hydrogen) atoms. The zero-order valence-electron chi connectivity index (χ0n) is 15.9. The van der Waals surface area contributed by atoms with E-state index in [2.05, 4.69) is 15.1 Å². The third-order valence-electron chi connectivity index (χ3n) is 5.05. The van der Waals surface area contributed by atoms with Gasteiger partial charge in [0.15, 0.2) is 10.8 Å². The number of aromatic nitrogens is 4. The third kappa shape index (κ3) is 3.82. The summed E-state index contributed by atoms with van der Waals surface area (Å²) >= 11 is 1.27. The number of amides is 1. The Balaban J connectivity index is 1.58. The molecule has 1 aliphatic rings. The van der Waals surface area contributed by atoms with Gasteiger partial charge < -0.3 is 9.88 Å². The largest absolute Gasteiger partial charge is 0.342 e. The predicted octanol–water partition coefficient (Wildman–Crippen LogP) is 2.91. The molecule has 2 aromatic heterocycles. The lowest BCUT2D eigenvalue weighted by Crippen LogP contribution is -2.33. The maximum Gasteiger partial charge on any atom is 0.262 e. The Kier molecular flexibility index (Phi) is 5.47. The van der Waals surface area contributed by atoms with Crippen molar-refractivity contribution >= 4 is 28.7 Å². The fraction of sp³-hybridized carbons (Fsp3) is 0.400. The fourth-order valence-electron chi connectivity index (χ4n) is 3.49. The van der Waals surface area contributed by atoms with Gasteiger partial charge in [-0.1, -0.05) is 42.8 Å². The smallest absolute Gasteiger partial charge is 0.262 e. The molecule has 1 aromatic carbocycles. The molecule has 0 atom stereocenters. The highest BCUT2D eigenvalue weighted by atomic mass is 32.2. The van der Waals surface area contributed by atoms with Gasteiger partial charge in [-0.15, -0.1) is 0 Å². The number of carbonyl (C=O) groups is 1. The van der Waals surface area contributed by atoms with Crippen molar-refractivity contribution in [3.05, 3.63) is 46.4 Å². The van der Waals surface area contributed by atoms with E-state index < -0.39 is 0 Å². The molecule has 0 bridgehead atoms. The van der Waals surface area contributed by atoms with Crippen LogP contribution in [0.2, 0.25) is 0 Å². The van der Waals surface area contributed by atoms with Gasteiger partial charge in [0.2, 0.25) is 5.91 Å². The molecule has 0 unspecified atom stereocenters. The van der Waals surface area contributed by atoms with Gasteiger partial charge in [-0.25, -0.2) is 9.67 Å². The van der Waals surface area contributed by atoms with Gasteiger partial charge in [-0.2, -0.15) is 5.10 Å². The number of H-pyrrole nitrogens is 1. The third-order valence-corrected chi connectivity index (χ3v) is 5.91. The Hall–Kier alpha value is -2.61. The monoisotopic (exact) mass is 397 g/mol. The summed E-state index contributed by atoms with van der Waals surface area (Å²) in [4.78, 5) is 34.3. The van der Waals surface area contributed by atoms with Crippen molar-refractivity contribution < 1.29 is 4.79 Å². The lowest BCUT2D eigenvalue weighted by Gasteiger charge is -2.19. The molecule has 8 heteroatoms. The van der Waals surface area contributed by atoms with Crippen molar-refractivity contribution in [2.45, 2.75) is 37.8 Å². The normalized spacial score (nSPS) is 15.0. The first kappa shape index (κ1) is 18.7. The van der Waals surface area contributed by atoms with Crippen LogP contribution in [-0.2, 0) is 4.79 Å². The second kappa shape index (κ2) is 8.18. The Morgan fingerprint density at radius 2 is 1.93 bits per heavy atom. The van der Waals surface area contributed by atoms with E-state index in [1.54, 1.807) is 4.68 Å². The molecule has 1 N–H and O–H groups in total. The molecule has 0 spiro atoms. The number of thioether (sulfide) groups is 1. The highest BCUT2D eigenvalue weighted by Crippen LogP contribution is 2.20. The molecule has 1 saturated heterocycles. The standard InChI is InChI=1S/C20H23N5O2S/c1-14-8-4-5-9-16(14)25-18-15(12-21-25)19(27)23-20(22-18)28-13-17(26)24-10-6-2-3-7-11-24/h4-5,8-9,12H,2-3,6-7,10-11,13H2,1H3,(H,22,23,27). The van der Waals surface area contributed by atoms with E-state index in [0.29, 0.717) is 16.2 Å². The van der Waals surface area contributed by atoms with E-state index in [1.807, 2.05) is 36.1 Å². The minimum Gasteiger partial charge on any atom is -0.342 e. The highest BCUT2D eigenvalue weighted by molar-refractivity contribution is 7.99. The van der Waals surface area contributed by atoms with Gasteiger partial charge in [-0.05, 0) is 31.4 Å². The number of carbonyl (C=O) groups excluding carboxylic acids is 1. The molecule has 1 fully saturated rings. The summed E-state index contributed by atoms with van der Waals surface area (Å²) in [7, 11) is 0. The summed E-state index contributed by atoms with van der Waals surface area (Å²) < 4.78 is 1.68. The Morgan fingerprint density at radius 3 is 2.68 bits per heavy atom. The fourth-order valence-corrected chi connectivity index (χ4v) is 4.24. The van der Waals surface area contributed by atoms with Crippen molar-refractivity contribution in [1.29, 1.82) is 0 Å². The van der Waals surface area contributed by atoms with Crippen LogP contribution in [0, 0.1) is 6.92 Å². The Bertz CT molecular complexity index is 1050. The molecular formula is C20H23N5O2S. The lowest BCUT2D eigenvalue weighted by atomic mass is 10.2. The van der Waals surface area contributed by atoms with E-state index >= 15 is 0 Å². The summed E-state index contributed by atoms with van der Waals surface area (Å²) in [5, 5.41) is 5.23. The van der Waals surface area contributed by atoms with Crippen molar-refractivity contribution in [3.8, 4) is 5.69 Å². The van der Waals surface area contributed by atoms with Crippen molar-refractivity contribution in [2.24, 2.45) is 0 Å². The number of hydrogen-bond donors (Lipinski definition) is 1. The molecule has 1 amide bonds. The second-order valence-corrected chi connectivity index (χ2v) is 8.00. The average Bonchev–Trinajstić information content (AvgIpc) is 2.93. The first-order chi connectivity index (χ1) is 13.6. The number of hydrogen-bond acceptors (Lipinski definition) is 5. The van der Waals surface area contributed by atoms with Crippen LogP contribution in [0.25, 0.3) is 16.7 Å². The van der Waals surface area contributed by atoms with Crippen LogP contribution < -0.4 is 5.56 Å². The lowest BCUT2D eigenvalue weighted by molar-refractivity contribution is -0.128. The van der Waals surface area contributed by atoms with E-state index in [4.69, 9.17) is 0 Å². The van der Waals surface area contributed by atoms with Crippen molar-refractivity contribution in [3.63, 3.8) is 0 Å². The van der Waals surface area contributed by atoms with Gasteiger partial charge in [-0.3, -0.25) is 9.59 Å². The number of likely N-dealkylation sites (tertiary alicyclic amines) is 1. The van der Waals surface area contributed by atoms with Gasteiger partial charge >= 0.3 is 0 Å². The van der Waals surface area contributed by atoms with Gasteiger partial charge in [0.1, 0.15) is 5.39 Å². The quantitative estimate of drug-likeness (QED) is 0.541. The molecule has 3 heterocycles. The van der Waals surface area contributed by atoms with E-state index in [9.17, 15) is 9.59 Å². The van der Waals surface area contributed by atoms with Gasteiger partial charge in [0, 0.05) is 13.1 Å². The number of para-hydroxylation sites is 1. The molecule has 3 aromatic rings. The van der Waals surface area contributed by atoms with Gasteiger partial charge in [0.05, 0.1) is 17.6 Å². The minimum absolute atomic E-state index is 0.0991. The van der Waals surface area contributed by atoms with Crippen LogP contribution in [0.5, 0.6) is 0 Å². The molecule has 1 aliphatic heterocycles. The zero-order chi connectivity index (χ0) is 19.5. The first-order valence-electron chi connectivity index (χ1n) is 9.58.